The molecule has 34 heavy (non-hydrogen) atoms. The largest absolute Gasteiger partial charge is 0.497 e. The van der Waals surface area contributed by atoms with Gasteiger partial charge in [0.2, 0.25) is 0 Å². The molecule has 3 aromatic carbocycles. The van der Waals surface area contributed by atoms with E-state index in [1.54, 1.807) is 7.11 Å². The molecule has 0 radical (unpaired) electrons. The summed E-state index contributed by atoms with van der Waals surface area (Å²) in [5.74, 6) is 2.05. The van der Waals surface area contributed by atoms with Gasteiger partial charge in [-0.25, -0.2) is 4.79 Å². The number of hydrogen-bond donors (Lipinski definition) is 1. The van der Waals surface area contributed by atoms with E-state index in [-0.39, 0.29) is 12.1 Å². The lowest BCUT2D eigenvalue weighted by Gasteiger charge is -2.35. The fourth-order valence-corrected chi connectivity index (χ4v) is 5.12. The molecule has 172 valence electrons. The monoisotopic (exact) mass is 452 g/mol. The number of aromatic amines is 1. The van der Waals surface area contributed by atoms with Gasteiger partial charge in [0, 0.05) is 23.1 Å². The van der Waals surface area contributed by atoms with Gasteiger partial charge in [-0.1, -0.05) is 35.9 Å². The van der Waals surface area contributed by atoms with Gasteiger partial charge in [-0.3, -0.25) is 4.90 Å². The maximum atomic E-state index is 13.4. The van der Waals surface area contributed by atoms with Crippen LogP contribution in [-0.2, 0) is 6.42 Å². The van der Waals surface area contributed by atoms with Crippen LogP contribution in [0.5, 0.6) is 11.5 Å². The number of benzene rings is 3. The molecule has 0 bridgehead atoms. The number of amides is 1. The standard InChI is InChI=1S/C29H28N2O3/c1-18-3-14-26-25(17-18)24-15-16-31(28(27(24)30-26)21-8-10-22(33-2)11-9-21)29(32)34-23-12-6-20(7-13-23)19-4-5-19/h3,6-14,17,19,28,30H,4-5,15-16H2,1-2H3. The van der Waals surface area contributed by atoms with E-state index in [0.29, 0.717) is 18.2 Å². The predicted molar refractivity (Wildman–Crippen MR) is 133 cm³/mol. The zero-order chi connectivity index (χ0) is 23.2. The van der Waals surface area contributed by atoms with Gasteiger partial charge in [0.05, 0.1) is 7.11 Å². The van der Waals surface area contributed by atoms with Crippen LogP contribution in [-0.4, -0.2) is 29.6 Å². The molecule has 5 nitrogen and oxygen atoms in total. The molecule has 1 aliphatic carbocycles. The van der Waals surface area contributed by atoms with Gasteiger partial charge in [0.25, 0.3) is 0 Å². The molecule has 1 N–H and O–H groups in total. The molecule has 6 rings (SSSR count). The van der Waals surface area contributed by atoms with Crippen molar-refractivity contribution in [3.8, 4) is 11.5 Å². The molecule has 0 saturated heterocycles. The molecular weight excluding hydrogens is 424 g/mol. The van der Waals surface area contributed by atoms with E-state index in [4.69, 9.17) is 9.47 Å². The van der Waals surface area contributed by atoms with Gasteiger partial charge in [-0.05, 0) is 85.2 Å². The SMILES string of the molecule is COc1ccc(C2c3[nH]c4ccc(C)cc4c3CCN2C(=O)Oc2ccc(C3CC3)cc2)cc1. The number of fused-ring (bicyclic) bond motifs is 3. The summed E-state index contributed by atoms with van der Waals surface area (Å²) in [6.45, 7) is 2.70. The number of nitrogens with one attached hydrogen (secondary N) is 1. The molecule has 1 saturated carbocycles. The number of hydrogen-bond acceptors (Lipinski definition) is 3. The highest BCUT2D eigenvalue weighted by Crippen LogP contribution is 2.41. The molecule has 1 unspecified atom stereocenters. The summed E-state index contributed by atoms with van der Waals surface area (Å²) >= 11 is 0. The molecule has 2 aliphatic rings. The van der Waals surface area contributed by atoms with Crippen LogP contribution in [0.2, 0.25) is 0 Å². The maximum absolute atomic E-state index is 13.4. The number of rotatable bonds is 4. The first kappa shape index (κ1) is 20.8. The Bertz CT molecular complexity index is 1350. The minimum atomic E-state index is -0.333. The summed E-state index contributed by atoms with van der Waals surface area (Å²) in [6, 6.07) is 22.1. The van der Waals surface area contributed by atoms with Crippen LogP contribution in [0.25, 0.3) is 10.9 Å². The maximum Gasteiger partial charge on any atom is 0.416 e. The molecule has 1 aromatic heterocycles. The lowest BCUT2D eigenvalue weighted by atomic mass is 9.92. The van der Waals surface area contributed by atoms with Crippen molar-refractivity contribution in [2.24, 2.45) is 0 Å². The molecule has 1 amide bonds. The predicted octanol–water partition coefficient (Wildman–Crippen LogP) is 6.51. The number of carbonyl (C=O) groups excluding carboxylic acids is 1. The normalized spacial score (nSPS) is 17.5. The number of ether oxygens (including phenoxy) is 2. The van der Waals surface area contributed by atoms with E-state index in [9.17, 15) is 4.79 Å². The minimum absolute atomic E-state index is 0.263. The van der Waals surface area contributed by atoms with Gasteiger partial charge in [0.15, 0.2) is 0 Å². The van der Waals surface area contributed by atoms with E-state index in [1.807, 2.05) is 41.3 Å². The van der Waals surface area contributed by atoms with Crippen molar-refractivity contribution in [1.82, 2.24) is 9.88 Å². The third-order valence-electron chi connectivity index (χ3n) is 7.08. The highest BCUT2D eigenvalue weighted by molar-refractivity contribution is 5.87. The second-order valence-corrected chi connectivity index (χ2v) is 9.40. The molecule has 5 heteroatoms. The lowest BCUT2D eigenvalue weighted by Crippen LogP contribution is -2.42. The number of nitrogens with zero attached hydrogens (tertiary/aromatic N) is 1. The lowest BCUT2D eigenvalue weighted by molar-refractivity contribution is 0.135. The summed E-state index contributed by atoms with van der Waals surface area (Å²) in [5.41, 5.74) is 7.00. The van der Waals surface area contributed by atoms with E-state index in [1.165, 1.54) is 34.9 Å². The van der Waals surface area contributed by atoms with Gasteiger partial charge < -0.3 is 14.5 Å². The molecule has 1 fully saturated rings. The van der Waals surface area contributed by atoms with Gasteiger partial charge in [0.1, 0.15) is 17.5 Å². The van der Waals surface area contributed by atoms with Crippen LogP contribution >= 0.6 is 0 Å². The third kappa shape index (κ3) is 3.71. The Morgan fingerprint density at radius 3 is 2.35 bits per heavy atom. The Morgan fingerprint density at radius 2 is 1.65 bits per heavy atom. The van der Waals surface area contributed by atoms with Gasteiger partial charge in [-0.2, -0.15) is 0 Å². The van der Waals surface area contributed by atoms with E-state index < -0.39 is 0 Å². The topological polar surface area (TPSA) is 54.6 Å². The molecule has 1 aliphatic heterocycles. The first-order valence-electron chi connectivity index (χ1n) is 11.9. The zero-order valence-corrected chi connectivity index (χ0v) is 19.5. The Labute approximate surface area is 199 Å². The number of methoxy groups -OCH3 is 1. The second-order valence-electron chi connectivity index (χ2n) is 9.40. The van der Waals surface area contributed by atoms with E-state index in [2.05, 4.69) is 42.2 Å². The molecule has 4 aromatic rings. The average molecular weight is 453 g/mol. The van der Waals surface area contributed by atoms with Crippen LogP contribution in [0.3, 0.4) is 0 Å². The first-order chi connectivity index (χ1) is 16.6. The van der Waals surface area contributed by atoms with E-state index >= 15 is 0 Å². The van der Waals surface area contributed by atoms with Crippen molar-refractivity contribution in [3.63, 3.8) is 0 Å². The Morgan fingerprint density at radius 1 is 0.941 bits per heavy atom. The van der Waals surface area contributed by atoms with Crippen molar-refractivity contribution in [3.05, 3.63) is 94.7 Å². The summed E-state index contributed by atoms with van der Waals surface area (Å²) in [7, 11) is 1.66. The average Bonchev–Trinajstić information content (AvgIpc) is 3.65. The number of carbonyl (C=O) groups is 1. The number of aryl methyl sites for hydroxylation is 1. The van der Waals surface area contributed by atoms with Crippen LogP contribution < -0.4 is 9.47 Å². The highest BCUT2D eigenvalue weighted by Gasteiger charge is 2.36. The molecule has 1 atom stereocenters. The van der Waals surface area contributed by atoms with Crippen LogP contribution in [0, 0.1) is 6.92 Å². The Balaban J connectivity index is 1.36. The van der Waals surface area contributed by atoms with Crippen molar-refractivity contribution in [1.29, 1.82) is 0 Å². The Hall–Kier alpha value is -3.73. The summed E-state index contributed by atoms with van der Waals surface area (Å²) in [4.78, 5) is 18.9. The van der Waals surface area contributed by atoms with Crippen LogP contribution in [0.4, 0.5) is 4.79 Å². The van der Waals surface area contributed by atoms with Crippen molar-refractivity contribution < 1.29 is 14.3 Å². The number of H-pyrrole nitrogens is 1. The van der Waals surface area contributed by atoms with Crippen molar-refractivity contribution in [2.45, 2.75) is 38.1 Å². The fraction of sp³-hybridized carbons (Fsp3) is 0.276. The van der Waals surface area contributed by atoms with E-state index in [0.717, 1.165) is 28.9 Å². The zero-order valence-electron chi connectivity index (χ0n) is 19.5. The molecule has 0 spiro atoms. The number of aromatic nitrogens is 1. The smallest absolute Gasteiger partial charge is 0.416 e. The third-order valence-corrected chi connectivity index (χ3v) is 7.08. The van der Waals surface area contributed by atoms with Gasteiger partial charge >= 0.3 is 6.09 Å². The van der Waals surface area contributed by atoms with Crippen molar-refractivity contribution >= 4 is 17.0 Å². The summed E-state index contributed by atoms with van der Waals surface area (Å²) in [6.07, 6.45) is 2.95. The minimum Gasteiger partial charge on any atom is -0.497 e. The molecule has 2 heterocycles. The highest BCUT2D eigenvalue weighted by atomic mass is 16.6. The summed E-state index contributed by atoms with van der Waals surface area (Å²) in [5, 5.41) is 1.23. The fourth-order valence-electron chi connectivity index (χ4n) is 5.12. The van der Waals surface area contributed by atoms with Crippen molar-refractivity contribution in [2.75, 3.05) is 13.7 Å². The van der Waals surface area contributed by atoms with Crippen LogP contribution in [0.1, 0.15) is 52.7 Å². The quantitative estimate of drug-likeness (QED) is 0.384. The van der Waals surface area contributed by atoms with Crippen LogP contribution in [0.15, 0.2) is 66.7 Å². The Kier molecular flexibility index (Phi) is 5.05. The second kappa shape index (κ2) is 8.24. The molecular formula is C29H28N2O3. The first-order valence-corrected chi connectivity index (χ1v) is 11.9. The summed E-state index contributed by atoms with van der Waals surface area (Å²) < 4.78 is 11.2. The van der Waals surface area contributed by atoms with Gasteiger partial charge in [-0.15, -0.1) is 0 Å².